The number of nitrogen functional groups attached to an aromatic ring is 1. The fraction of sp³-hybridized carbons (Fsp3) is 0.714. The van der Waals surface area contributed by atoms with Crippen LogP contribution in [0.2, 0.25) is 0 Å². The van der Waals surface area contributed by atoms with Crippen molar-refractivity contribution in [3.63, 3.8) is 0 Å². The van der Waals surface area contributed by atoms with Crippen molar-refractivity contribution >= 4 is 28.2 Å². The molecule has 0 saturated heterocycles. The predicted molar refractivity (Wildman–Crippen MR) is 86.5 cm³/mol. The molecule has 20 heavy (non-hydrogen) atoms. The Bertz CT molecular complexity index is 478. The number of anilines is 2. The number of amides is 1. The first-order valence-corrected chi connectivity index (χ1v) is 7.65. The molecular weight excluding hydrogens is 272 g/mol. The zero-order valence-electron chi connectivity index (χ0n) is 13.5. The normalized spacial score (nSPS) is 13.2. The average Bonchev–Trinajstić information content (AvgIpc) is 2.76. The molecule has 0 aliphatic carbocycles. The van der Waals surface area contributed by atoms with E-state index in [0.29, 0.717) is 10.7 Å². The summed E-state index contributed by atoms with van der Waals surface area (Å²) in [6.45, 7) is 11.3. The maximum Gasteiger partial charge on any atom is 0.267 e. The number of nitrogens with two attached hydrogens (primary N) is 1. The smallest absolute Gasteiger partial charge is 0.267 e. The molecule has 0 spiro atoms. The van der Waals surface area contributed by atoms with Crippen molar-refractivity contribution in [1.29, 1.82) is 0 Å². The first-order chi connectivity index (χ1) is 9.09. The molecule has 1 heterocycles. The van der Waals surface area contributed by atoms with Crippen LogP contribution in [0.15, 0.2) is 0 Å². The minimum atomic E-state index is -0.0572. The second kappa shape index (κ2) is 5.99. The summed E-state index contributed by atoms with van der Waals surface area (Å²) in [5, 5.41) is 0.783. The summed E-state index contributed by atoms with van der Waals surface area (Å²) in [5.41, 5.74) is 5.93. The maximum atomic E-state index is 12.6. The van der Waals surface area contributed by atoms with Gasteiger partial charge in [-0.15, -0.1) is 0 Å². The highest BCUT2D eigenvalue weighted by atomic mass is 32.1. The molecule has 0 aliphatic rings. The van der Waals surface area contributed by atoms with Gasteiger partial charge in [0.05, 0.1) is 0 Å². The third-order valence-corrected chi connectivity index (χ3v) is 4.97. The summed E-state index contributed by atoms with van der Waals surface area (Å²) in [6, 6.07) is 0.115. The Kier molecular flexibility index (Phi) is 5.02. The highest BCUT2D eigenvalue weighted by Gasteiger charge is 2.30. The molecule has 1 atom stereocenters. The van der Waals surface area contributed by atoms with Crippen molar-refractivity contribution in [1.82, 2.24) is 9.88 Å². The molecular formula is C14H26N4OS. The van der Waals surface area contributed by atoms with Gasteiger partial charge in [0.1, 0.15) is 10.7 Å². The fourth-order valence-electron chi connectivity index (χ4n) is 1.69. The SMILES string of the molecule is CCN(C)c1nc(N)c(C(=O)N(C)C(C)C(C)(C)C)s1. The lowest BCUT2D eigenvalue weighted by Gasteiger charge is -2.35. The molecule has 0 bridgehead atoms. The highest BCUT2D eigenvalue weighted by Crippen LogP contribution is 2.30. The summed E-state index contributed by atoms with van der Waals surface area (Å²) < 4.78 is 0. The largest absolute Gasteiger partial charge is 0.382 e. The van der Waals surface area contributed by atoms with Crippen LogP contribution in [0, 0.1) is 5.41 Å². The molecule has 1 aromatic rings. The number of hydrogen-bond donors (Lipinski definition) is 1. The van der Waals surface area contributed by atoms with Crippen molar-refractivity contribution in [3.05, 3.63) is 4.88 Å². The summed E-state index contributed by atoms with van der Waals surface area (Å²) in [5.74, 6) is 0.265. The molecule has 5 nitrogen and oxygen atoms in total. The van der Waals surface area contributed by atoms with Crippen LogP contribution in [0.25, 0.3) is 0 Å². The lowest BCUT2D eigenvalue weighted by atomic mass is 9.87. The van der Waals surface area contributed by atoms with Crippen LogP contribution in [-0.4, -0.2) is 42.5 Å². The van der Waals surface area contributed by atoms with Gasteiger partial charge in [-0.05, 0) is 19.3 Å². The van der Waals surface area contributed by atoms with Gasteiger partial charge in [-0.3, -0.25) is 4.79 Å². The number of hydrogen-bond acceptors (Lipinski definition) is 5. The first kappa shape index (κ1) is 16.8. The van der Waals surface area contributed by atoms with Crippen LogP contribution in [0.4, 0.5) is 10.9 Å². The summed E-state index contributed by atoms with van der Waals surface area (Å²) in [7, 11) is 3.76. The second-order valence-electron chi connectivity index (χ2n) is 6.18. The van der Waals surface area contributed by atoms with Crippen molar-refractivity contribution in [2.75, 3.05) is 31.3 Å². The van der Waals surface area contributed by atoms with Crippen molar-refractivity contribution < 1.29 is 4.79 Å². The van der Waals surface area contributed by atoms with Crippen LogP contribution in [0.3, 0.4) is 0 Å². The summed E-state index contributed by atoms with van der Waals surface area (Å²) in [6.07, 6.45) is 0. The van der Waals surface area contributed by atoms with Crippen molar-refractivity contribution in [2.45, 2.75) is 40.7 Å². The van der Waals surface area contributed by atoms with E-state index in [0.717, 1.165) is 11.7 Å². The second-order valence-corrected chi connectivity index (χ2v) is 7.16. The third-order valence-electron chi connectivity index (χ3n) is 3.79. The van der Waals surface area contributed by atoms with Gasteiger partial charge in [-0.1, -0.05) is 32.1 Å². The van der Waals surface area contributed by atoms with Crippen molar-refractivity contribution in [3.8, 4) is 0 Å². The Morgan fingerprint density at radius 2 is 1.95 bits per heavy atom. The molecule has 0 radical (unpaired) electrons. The van der Waals surface area contributed by atoms with E-state index < -0.39 is 0 Å². The Morgan fingerprint density at radius 3 is 2.40 bits per heavy atom. The molecule has 1 rings (SSSR count). The number of rotatable bonds is 4. The van der Waals surface area contributed by atoms with Gasteiger partial charge in [0.2, 0.25) is 0 Å². The van der Waals surface area contributed by atoms with Crippen LogP contribution in [0.1, 0.15) is 44.3 Å². The monoisotopic (exact) mass is 298 g/mol. The average molecular weight is 298 g/mol. The van der Waals surface area contributed by atoms with Crippen LogP contribution < -0.4 is 10.6 Å². The minimum Gasteiger partial charge on any atom is -0.382 e. The number of carbonyl (C=O) groups excluding carboxylic acids is 1. The van der Waals surface area contributed by atoms with E-state index in [1.165, 1.54) is 11.3 Å². The first-order valence-electron chi connectivity index (χ1n) is 6.84. The van der Waals surface area contributed by atoms with E-state index in [1.807, 2.05) is 32.8 Å². The zero-order valence-corrected chi connectivity index (χ0v) is 14.3. The number of thiazole rings is 1. The molecule has 1 aromatic heterocycles. The van der Waals surface area contributed by atoms with E-state index in [4.69, 9.17) is 5.73 Å². The fourth-order valence-corrected chi connectivity index (χ4v) is 2.68. The van der Waals surface area contributed by atoms with E-state index in [-0.39, 0.29) is 17.4 Å². The van der Waals surface area contributed by atoms with Gasteiger partial charge in [0.15, 0.2) is 5.13 Å². The number of carbonyl (C=O) groups is 1. The summed E-state index contributed by atoms with van der Waals surface area (Å²) in [4.78, 5) is 21.1. The van der Waals surface area contributed by atoms with Crippen molar-refractivity contribution in [2.24, 2.45) is 5.41 Å². The van der Waals surface area contributed by atoms with Crippen LogP contribution in [0.5, 0.6) is 0 Å². The van der Waals surface area contributed by atoms with Gasteiger partial charge >= 0.3 is 0 Å². The molecule has 2 N–H and O–H groups in total. The van der Waals surface area contributed by atoms with Gasteiger partial charge in [-0.2, -0.15) is 0 Å². The maximum absolute atomic E-state index is 12.6. The molecule has 0 saturated carbocycles. The molecule has 0 aromatic carbocycles. The van der Waals surface area contributed by atoms with E-state index in [1.54, 1.807) is 4.90 Å². The summed E-state index contributed by atoms with van der Waals surface area (Å²) >= 11 is 1.36. The quantitative estimate of drug-likeness (QED) is 0.928. The lowest BCUT2D eigenvalue weighted by molar-refractivity contribution is 0.0635. The Balaban J connectivity index is 3.01. The van der Waals surface area contributed by atoms with Gasteiger partial charge in [0.25, 0.3) is 5.91 Å². The lowest BCUT2D eigenvalue weighted by Crippen LogP contribution is -2.42. The Labute approximate surface area is 125 Å². The third kappa shape index (κ3) is 3.42. The molecule has 0 aliphatic heterocycles. The highest BCUT2D eigenvalue weighted by molar-refractivity contribution is 7.18. The predicted octanol–water partition coefficient (Wildman–Crippen LogP) is 2.69. The zero-order chi connectivity index (χ0) is 15.7. The number of nitrogens with zero attached hydrogens (tertiary/aromatic N) is 3. The van der Waals surface area contributed by atoms with Gasteiger partial charge < -0.3 is 15.5 Å². The number of aromatic nitrogens is 1. The Hall–Kier alpha value is -1.30. The van der Waals surface area contributed by atoms with Crippen LogP contribution >= 0.6 is 11.3 Å². The van der Waals surface area contributed by atoms with Crippen LogP contribution in [-0.2, 0) is 0 Å². The van der Waals surface area contributed by atoms with E-state index in [9.17, 15) is 4.79 Å². The minimum absolute atomic E-state index is 0.0207. The van der Waals surface area contributed by atoms with Gasteiger partial charge in [0, 0.05) is 26.7 Å². The molecule has 1 amide bonds. The topological polar surface area (TPSA) is 62.5 Å². The molecule has 1 unspecified atom stereocenters. The van der Waals surface area contributed by atoms with E-state index in [2.05, 4.69) is 25.8 Å². The molecule has 6 heteroatoms. The van der Waals surface area contributed by atoms with Gasteiger partial charge in [-0.25, -0.2) is 4.98 Å². The standard InChI is InChI=1S/C14H26N4OS/c1-8-17(6)13-16-11(15)10(20-13)12(19)18(7)9(2)14(3,4)5/h9H,8,15H2,1-7H3. The van der Waals surface area contributed by atoms with E-state index >= 15 is 0 Å². The molecule has 114 valence electrons. The molecule has 0 fully saturated rings. The Morgan fingerprint density at radius 1 is 1.40 bits per heavy atom.